The topological polar surface area (TPSA) is 64.6 Å². The third kappa shape index (κ3) is 4.41. The van der Waals surface area contributed by atoms with E-state index >= 15 is 0 Å². The molecule has 0 bridgehead atoms. The minimum Gasteiger partial charge on any atom is -0.505 e. The fourth-order valence-electron chi connectivity index (χ4n) is 2.53. The standard InChI is InChI=1S/C15H22FN3O2/c1-17-14(20)10-19-7-5-12(6-8-19)18-9-11-3-2-4-13(16)15(11)21/h2-4,12,18,21H,5-10H2,1H3,(H,17,20). The number of carbonyl (C=O) groups is 1. The number of nitrogens with one attached hydrogen (secondary N) is 2. The molecule has 21 heavy (non-hydrogen) atoms. The predicted octanol–water partition coefficient (Wildman–Crippen LogP) is 0.831. The van der Waals surface area contributed by atoms with Gasteiger partial charge in [0.05, 0.1) is 6.54 Å². The van der Waals surface area contributed by atoms with Crippen molar-refractivity contribution in [3.63, 3.8) is 0 Å². The zero-order valence-corrected chi connectivity index (χ0v) is 12.2. The number of halogens is 1. The number of rotatable bonds is 5. The minimum absolute atomic E-state index is 0.0334. The maximum absolute atomic E-state index is 13.2. The first kappa shape index (κ1) is 15.7. The number of piperidine rings is 1. The van der Waals surface area contributed by atoms with Gasteiger partial charge in [0, 0.05) is 38.3 Å². The summed E-state index contributed by atoms with van der Waals surface area (Å²) in [6.45, 7) is 2.61. The predicted molar refractivity (Wildman–Crippen MR) is 78.4 cm³/mol. The van der Waals surface area contributed by atoms with E-state index in [1.807, 2.05) is 0 Å². The van der Waals surface area contributed by atoms with Crippen LogP contribution < -0.4 is 10.6 Å². The molecule has 3 N–H and O–H groups in total. The molecule has 1 fully saturated rings. The maximum Gasteiger partial charge on any atom is 0.233 e. The molecular weight excluding hydrogens is 273 g/mol. The number of phenolic OH excluding ortho intramolecular Hbond substituents is 1. The molecule has 1 saturated heterocycles. The molecule has 5 nitrogen and oxygen atoms in total. The zero-order valence-electron chi connectivity index (χ0n) is 12.2. The molecule has 1 heterocycles. The second-order valence-electron chi connectivity index (χ2n) is 5.35. The van der Waals surface area contributed by atoms with Crippen LogP contribution in [-0.2, 0) is 11.3 Å². The van der Waals surface area contributed by atoms with Gasteiger partial charge in [0.15, 0.2) is 11.6 Å². The van der Waals surface area contributed by atoms with Gasteiger partial charge in [-0.25, -0.2) is 4.39 Å². The summed E-state index contributed by atoms with van der Waals surface area (Å²) in [4.78, 5) is 13.4. The van der Waals surface area contributed by atoms with Crippen molar-refractivity contribution < 1.29 is 14.3 Å². The largest absolute Gasteiger partial charge is 0.505 e. The monoisotopic (exact) mass is 295 g/mol. The van der Waals surface area contributed by atoms with Crippen molar-refractivity contribution in [3.8, 4) is 5.75 Å². The van der Waals surface area contributed by atoms with Crippen molar-refractivity contribution in [2.45, 2.75) is 25.4 Å². The Morgan fingerprint density at radius 3 is 2.81 bits per heavy atom. The Morgan fingerprint density at radius 2 is 2.14 bits per heavy atom. The molecule has 0 radical (unpaired) electrons. The third-order valence-corrected chi connectivity index (χ3v) is 3.89. The first-order valence-electron chi connectivity index (χ1n) is 7.23. The molecule has 1 aliphatic heterocycles. The first-order chi connectivity index (χ1) is 10.1. The molecule has 116 valence electrons. The summed E-state index contributed by atoms with van der Waals surface area (Å²) in [5, 5.41) is 15.6. The summed E-state index contributed by atoms with van der Waals surface area (Å²) >= 11 is 0. The Morgan fingerprint density at radius 1 is 1.43 bits per heavy atom. The van der Waals surface area contributed by atoms with Gasteiger partial charge in [-0.2, -0.15) is 0 Å². The number of carbonyl (C=O) groups excluding carboxylic acids is 1. The Balaban J connectivity index is 1.76. The number of likely N-dealkylation sites (N-methyl/N-ethyl adjacent to an activating group) is 1. The van der Waals surface area contributed by atoms with Crippen molar-refractivity contribution in [2.75, 3.05) is 26.7 Å². The van der Waals surface area contributed by atoms with E-state index in [2.05, 4.69) is 15.5 Å². The van der Waals surface area contributed by atoms with E-state index in [0.717, 1.165) is 25.9 Å². The van der Waals surface area contributed by atoms with E-state index < -0.39 is 5.82 Å². The molecule has 1 aromatic rings. The summed E-state index contributed by atoms with van der Waals surface area (Å²) in [6, 6.07) is 4.88. The van der Waals surface area contributed by atoms with Crippen LogP contribution in [0.5, 0.6) is 5.75 Å². The molecule has 6 heteroatoms. The molecule has 0 atom stereocenters. The smallest absolute Gasteiger partial charge is 0.233 e. The lowest BCUT2D eigenvalue weighted by atomic mass is 10.0. The van der Waals surface area contributed by atoms with Crippen molar-refractivity contribution in [3.05, 3.63) is 29.6 Å². The lowest BCUT2D eigenvalue weighted by Gasteiger charge is -2.31. The highest BCUT2D eigenvalue weighted by Gasteiger charge is 2.20. The van der Waals surface area contributed by atoms with Crippen LogP contribution in [0.2, 0.25) is 0 Å². The van der Waals surface area contributed by atoms with E-state index in [9.17, 15) is 14.3 Å². The van der Waals surface area contributed by atoms with Gasteiger partial charge < -0.3 is 15.7 Å². The van der Waals surface area contributed by atoms with Gasteiger partial charge in [0.1, 0.15) is 0 Å². The first-order valence-corrected chi connectivity index (χ1v) is 7.23. The van der Waals surface area contributed by atoms with E-state index in [1.165, 1.54) is 6.07 Å². The zero-order chi connectivity index (χ0) is 15.2. The van der Waals surface area contributed by atoms with Gasteiger partial charge >= 0.3 is 0 Å². The highest BCUT2D eigenvalue weighted by molar-refractivity contribution is 5.77. The van der Waals surface area contributed by atoms with Crippen LogP contribution >= 0.6 is 0 Å². The number of phenols is 1. The Bertz CT molecular complexity index is 488. The molecule has 0 aliphatic carbocycles. The number of aromatic hydroxyl groups is 1. The number of para-hydroxylation sites is 1. The summed E-state index contributed by atoms with van der Waals surface area (Å²) in [5.74, 6) is -0.831. The van der Waals surface area contributed by atoms with Gasteiger partial charge in [-0.15, -0.1) is 0 Å². The second kappa shape index (κ2) is 7.38. The molecule has 0 unspecified atom stereocenters. The van der Waals surface area contributed by atoms with Crippen LogP contribution in [0.3, 0.4) is 0 Å². The molecule has 1 aromatic carbocycles. The molecule has 0 saturated carbocycles. The van der Waals surface area contributed by atoms with E-state index in [4.69, 9.17) is 0 Å². The number of hydrogen-bond donors (Lipinski definition) is 3. The molecule has 1 amide bonds. The SMILES string of the molecule is CNC(=O)CN1CCC(NCc2cccc(F)c2O)CC1. The number of nitrogens with zero attached hydrogens (tertiary/aromatic N) is 1. The van der Waals surface area contributed by atoms with Gasteiger partial charge in [0.2, 0.25) is 5.91 Å². The number of benzene rings is 1. The van der Waals surface area contributed by atoms with Crippen molar-refractivity contribution in [1.82, 2.24) is 15.5 Å². The maximum atomic E-state index is 13.2. The summed E-state index contributed by atoms with van der Waals surface area (Å²) in [5.41, 5.74) is 0.572. The molecule has 0 aromatic heterocycles. The number of hydrogen-bond acceptors (Lipinski definition) is 4. The third-order valence-electron chi connectivity index (χ3n) is 3.89. The van der Waals surface area contributed by atoms with Crippen LogP contribution in [0.15, 0.2) is 18.2 Å². The van der Waals surface area contributed by atoms with Gasteiger partial charge in [-0.3, -0.25) is 9.69 Å². The molecule has 2 rings (SSSR count). The van der Waals surface area contributed by atoms with Crippen molar-refractivity contribution >= 4 is 5.91 Å². The van der Waals surface area contributed by atoms with Crippen LogP contribution in [-0.4, -0.2) is 48.6 Å². The lowest BCUT2D eigenvalue weighted by molar-refractivity contribution is -0.122. The Kier molecular flexibility index (Phi) is 5.52. The Labute approximate surface area is 124 Å². The minimum atomic E-state index is -0.588. The second-order valence-corrected chi connectivity index (χ2v) is 5.35. The van der Waals surface area contributed by atoms with Gasteiger partial charge in [0.25, 0.3) is 0 Å². The average Bonchev–Trinajstić information content (AvgIpc) is 2.50. The fourth-order valence-corrected chi connectivity index (χ4v) is 2.53. The molecule has 0 spiro atoms. The highest BCUT2D eigenvalue weighted by Crippen LogP contribution is 2.21. The van der Waals surface area contributed by atoms with Crippen molar-refractivity contribution in [1.29, 1.82) is 0 Å². The average molecular weight is 295 g/mol. The summed E-state index contributed by atoms with van der Waals surface area (Å²) in [7, 11) is 1.64. The normalized spacial score (nSPS) is 16.9. The van der Waals surface area contributed by atoms with Crippen molar-refractivity contribution in [2.24, 2.45) is 0 Å². The van der Waals surface area contributed by atoms with E-state index in [-0.39, 0.29) is 11.7 Å². The number of amides is 1. The van der Waals surface area contributed by atoms with Crippen LogP contribution in [0.1, 0.15) is 18.4 Å². The molecule has 1 aliphatic rings. The fraction of sp³-hybridized carbons (Fsp3) is 0.533. The quantitative estimate of drug-likeness (QED) is 0.753. The van der Waals surface area contributed by atoms with Crippen LogP contribution in [0.25, 0.3) is 0 Å². The highest BCUT2D eigenvalue weighted by atomic mass is 19.1. The summed E-state index contributed by atoms with van der Waals surface area (Å²) in [6.07, 6.45) is 1.88. The van der Waals surface area contributed by atoms with Crippen LogP contribution in [0, 0.1) is 5.82 Å². The van der Waals surface area contributed by atoms with E-state index in [0.29, 0.717) is 24.7 Å². The van der Waals surface area contributed by atoms with E-state index in [1.54, 1.807) is 19.2 Å². The van der Waals surface area contributed by atoms with Crippen LogP contribution in [0.4, 0.5) is 4.39 Å². The Hall–Kier alpha value is -1.66. The molecular formula is C15H22FN3O2. The van der Waals surface area contributed by atoms with Gasteiger partial charge in [-0.1, -0.05) is 12.1 Å². The summed E-state index contributed by atoms with van der Waals surface area (Å²) < 4.78 is 13.2. The number of likely N-dealkylation sites (tertiary alicyclic amines) is 1. The van der Waals surface area contributed by atoms with Gasteiger partial charge in [-0.05, 0) is 18.9 Å². The lowest BCUT2D eigenvalue weighted by Crippen LogP contribution is -2.45.